The molecule has 2 aromatic rings. The predicted molar refractivity (Wildman–Crippen MR) is 61.8 cm³/mol. The van der Waals surface area contributed by atoms with Crippen LogP contribution in [-0.2, 0) is 6.18 Å². The van der Waals surface area contributed by atoms with Crippen LogP contribution in [0, 0.1) is 0 Å². The van der Waals surface area contributed by atoms with Crippen molar-refractivity contribution in [2.75, 3.05) is 0 Å². The topological polar surface area (TPSA) is 76.7 Å². The lowest BCUT2D eigenvalue weighted by molar-refractivity contribution is -0.137. The van der Waals surface area contributed by atoms with E-state index in [2.05, 4.69) is 10.2 Å². The Hall–Kier alpha value is -2.09. The fourth-order valence-corrected chi connectivity index (χ4v) is 1.76. The number of para-hydroxylation sites is 1. The molecule has 0 aliphatic rings. The van der Waals surface area contributed by atoms with Gasteiger partial charge < -0.3 is 5.73 Å². The van der Waals surface area contributed by atoms with Crippen molar-refractivity contribution in [1.29, 1.82) is 0 Å². The molecule has 1 heterocycles. The van der Waals surface area contributed by atoms with E-state index in [0.717, 1.165) is 10.6 Å². The highest BCUT2D eigenvalue weighted by Gasteiger charge is 2.34. The Labute approximate surface area is 105 Å². The zero-order valence-corrected chi connectivity index (χ0v) is 9.90. The van der Waals surface area contributed by atoms with Crippen LogP contribution in [0.1, 0.15) is 24.4 Å². The monoisotopic (exact) mass is 272 g/mol. The summed E-state index contributed by atoms with van der Waals surface area (Å²) in [6, 6.07) is 4.09. The molecule has 0 amide bonds. The van der Waals surface area contributed by atoms with E-state index in [1.165, 1.54) is 25.1 Å². The van der Waals surface area contributed by atoms with E-state index in [0.29, 0.717) is 0 Å². The fraction of sp³-hybridized carbons (Fsp3) is 0.273. The van der Waals surface area contributed by atoms with Gasteiger partial charge in [0.1, 0.15) is 0 Å². The first-order chi connectivity index (χ1) is 8.82. The van der Waals surface area contributed by atoms with Gasteiger partial charge in [0, 0.05) is 0 Å². The zero-order chi connectivity index (χ0) is 14.2. The van der Waals surface area contributed by atoms with Crippen molar-refractivity contribution < 1.29 is 13.2 Å². The summed E-state index contributed by atoms with van der Waals surface area (Å²) in [6.07, 6.45) is -4.57. The number of rotatable bonds is 2. The summed E-state index contributed by atoms with van der Waals surface area (Å²) in [7, 11) is 0. The number of aromatic amines is 1. The van der Waals surface area contributed by atoms with Crippen LogP contribution in [0.25, 0.3) is 5.69 Å². The van der Waals surface area contributed by atoms with Crippen LogP contribution >= 0.6 is 0 Å². The van der Waals surface area contributed by atoms with E-state index in [1.807, 2.05) is 0 Å². The molecule has 1 aromatic carbocycles. The molecule has 2 rings (SSSR count). The number of hydrogen-bond donors (Lipinski definition) is 2. The minimum absolute atomic E-state index is 0.0432. The normalized spacial score (nSPS) is 13.5. The molecule has 0 saturated heterocycles. The maximum Gasteiger partial charge on any atom is 0.418 e. The molecule has 1 atom stereocenters. The average molecular weight is 272 g/mol. The number of halogens is 3. The van der Waals surface area contributed by atoms with Crippen LogP contribution in [0.2, 0.25) is 0 Å². The number of nitrogens with one attached hydrogen (secondary N) is 1. The summed E-state index contributed by atoms with van der Waals surface area (Å²) >= 11 is 0. The van der Waals surface area contributed by atoms with Crippen molar-refractivity contribution in [2.24, 2.45) is 5.73 Å². The minimum atomic E-state index is -4.57. The molecule has 0 aliphatic heterocycles. The van der Waals surface area contributed by atoms with E-state index in [1.54, 1.807) is 0 Å². The van der Waals surface area contributed by atoms with Crippen LogP contribution < -0.4 is 11.4 Å². The average Bonchev–Trinajstić information content (AvgIpc) is 2.70. The second-order valence-corrected chi connectivity index (χ2v) is 4.03. The lowest BCUT2D eigenvalue weighted by atomic mass is 10.1. The van der Waals surface area contributed by atoms with Crippen LogP contribution in [0.4, 0.5) is 13.2 Å². The molecule has 0 aliphatic carbocycles. The van der Waals surface area contributed by atoms with Crippen molar-refractivity contribution in [1.82, 2.24) is 14.8 Å². The summed E-state index contributed by atoms with van der Waals surface area (Å²) in [5.41, 5.74) is 3.63. The van der Waals surface area contributed by atoms with Gasteiger partial charge in [-0.3, -0.25) is 0 Å². The summed E-state index contributed by atoms with van der Waals surface area (Å²) in [5.74, 6) is 0.0432. The van der Waals surface area contributed by atoms with Gasteiger partial charge in [-0.25, -0.2) is 14.5 Å². The van der Waals surface area contributed by atoms with Gasteiger partial charge in [-0.1, -0.05) is 12.1 Å². The maximum atomic E-state index is 12.9. The second-order valence-electron chi connectivity index (χ2n) is 4.03. The summed E-state index contributed by atoms with van der Waals surface area (Å²) in [6.45, 7) is 1.53. The first kappa shape index (κ1) is 13.3. The quantitative estimate of drug-likeness (QED) is 0.871. The molecule has 1 unspecified atom stereocenters. The number of benzene rings is 1. The molecular formula is C11H11F3N4O. The van der Waals surface area contributed by atoms with Gasteiger partial charge in [0.05, 0.1) is 17.3 Å². The SMILES string of the molecule is CC(N)c1n[nH]c(=O)n1-c1ccccc1C(F)(F)F. The second kappa shape index (κ2) is 4.54. The molecule has 0 saturated carbocycles. The zero-order valence-electron chi connectivity index (χ0n) is 9.90. The molecule has 0 radical (unpaired) electrons. The standard InChI is InChI=1S/C11H11F3N4O/c1-6(15)9-16-17-10(19)18(9)8-5-3-2-4-7(8)11(12,13)14/h2-6H,15H2,1H3,(H,17,19). The van der Waals surface area contributed by atoms with E-state index in [9.17, 15) is 18.0 Å². The van der Waals surface area contributed by atoms with Gasteiger partial charge in [-0.15, -0.1) is 0 Å². The van der Waals surface area contributed by atoms with Gasteiger partial charge in [-0.05, 0) is 19.1 Å². The third-order valence-electron chi connectivity index (χ3n) is 2.56. The van der Waals surface area contributed by atoms with Gasteiger partial charge in [-0.2, -0.15) is 18.3 Å². The van der Waals surface area contributed by atoms with E-state index < -0.39 is 23.5 Å². The van der Waals surface area contributed by atoms with Gasteiger partial charge in [0.25, 0.3) is 0 Å². The lowest BCUT2D eigenvalue weighted by Gasteiger charge is -2.14. The highest BCUT2D eigenvalue weighted by atomic mass is 19.4. The van der Waals surface area contributed by atoms with Gasteiger partial charge in [0.2, 0.25) is 0 Å². The molecular weight excluding hydrogens is 261 g/mol. The summed E-state index contributed by atoms with van der Waals surface area (Å²) in [4.78, 5) is 11.6. The Bertz CT molecular complexity index is 642. The van der Waals surface area contributed by atoms with E-state index in [-0.39, 0.29) is 11.5 Å². The van der Waals surface area contributed by atoms with Crippen molar-refractivity contribution in [2.45, 2.75) is 19.1 Å². The summed E-state index contributed by atoms with van der Waals surface area (Å²) < 4.78 is 39.6. The number of alkyl halides is 3. The molecule has 5 nitrogen and oxygen atoms in total. The maximum absolute atomic E-state index is 12.9. The minimum Gasteiger partial charge on any atom is -0.322 e. The number of H-pyrrole nitrogens is 1. The molecule has 19 heavy (non-hydrogen) atoms. The largest absolute Gasteiger partial charge is 0.418 e. The van der Waals surface area contributed by atoms with Crippen LogP contribution in [0.15, 0.2) is 29.1 Å². The Morgan fingerprint density at radius 3 is 2.58 bits per heavy atom. The number of nitrogens with zero attached hydrogens (tertiary/aromatic N) is 2. The van der Waals surface area contributed by atoms with Gasteiger partial charge >= 0.3 is 11.9 Å². The highest BCUT2D eigenvalue weighted by Crippen LogP contribution is 2.33. The Kier molecular flexibility index (Phi) is 3.19. The number of aromatic nitrogens is 3. The van der Waals surface area contributed by atoms with Crippen molar-refractivity contribution >= 4 is 0 Å². The first-order valence-corrected chi connectivity index (χ1v) is 5.42. The third kappa shape index (κ3) is 2.39. The number of nitrogens with two attached hydrogens (primary N) is 1. The first-order valence-electron chi connectivity index (χ1n) is 5.42. The smallest absolute Gasteiger partial charge is 0.322 e. The van der Waals surface area contributed by atoms with Crippen LogP contribution in [0.5, 0.6) is 0 Å². The predicted octanol–water partition coefficient (Wildman–Crippen LogP) is 1.60. The number of hydrogen-bond acceptors (Lipinski definition) is 3. The van der Waals surface area contributed by atoms with Crippen LogP contribution in [0.3, 0.4) is 0 Å². The van der Waals surface area contributed by atoms with E-state index in [4.69, 9.17) is 5.73 Å². The van der Waals surface area contributed by atoms with Crippen molar-refractivity contribution in [3.63, 3.8) is 0 Å². The molecule has 3 N–H and O–H groups in total. The lowest BCUT2D eigenvalue weighted by Crippen LogP contribution is -2.23. The fourth-order valence-electron chi connectivity index (χ4n) is 1.76. The molecule has 8 heteroatoms. The molecule has 0 spiro atoms. The molecule has 0 bridgehead atoms. The van der Waals surface area contributed by atoms with E-state index >= 15 is 0 Å². The molecule has 0 fully saturated rings. The molecule has 102 valence electrons. The Morgan fingerprint density at radius 2 is 2.00 bits per heavy atom. The van der Waals surface area contributed by atoms with Crippen molar-refractivity contribution in [3.8, 4) is 5.69 Å². The highest BCUT2D eigenvalue weighted by molar-refractivity contribution is 5.43. The van der Waals surface area contributed by atoms with Gasteiger partial charge in [0.15, 0.2) is 5.82 Å². The van der Waals surface area contributed by atoms with Crippen LogP contribution in [-0.4, -0.2) is 14.8 Å². The Balaban J connectivity index is 2.74. The third-order valence-corrected chi connectivity index (χ3v) is 2.56. The molecule has 1 aromatic heterocycles. The summed E-state index contributed by atoms with van der Waals surface area (Å²) in [5, 5.41) is 5.75. The van der Waals surface area contributed by atoms with Crippen molar-refractivity contribution in [3.05, 3.63) is 46.1 Å². The Morgan fingerprint density at radius 1 is 1.37 bits per heavy atom.